The highest BCUT2D eigenvalue weighted by Gasteiger charge is 2.30. The SMILES string of the molecule is CCCCC(C)(C(C)C)C(C)C. The van der Waals surface area contributed by atoms with Crippen LogP contribution in [0, 0.1) is 17.3 Å². The Hall–Kier alpha value is 0. The van der Waals surface area contributed by atoms with Crippen molar-refractivity contribution in [3.8, 4) is 0 Å². The molecule has 0 heteroatoms. The second-order valence-corrected chi connectivity index (χ2v) is 4.92. The van der Waals surface area contributed by atoms with Gasteiger partial charge in [-0.15, -0.1) is 0 Å². The molecular weight excluding hydrogens is 144 g/mol. The monoisotopic (exact) mass is 170 g/mol. The fourth-order valence-corrected chi connectivity index (χ4v) is 1.80. The van der Waals surface area contributed by atoms with Crippen LogP contribution in [-0.4, -0.2) is 0 Å². The van der Waals surface area contributed by atoms with E-state index in [0.29, 0.717) is 5.41 Å². The van der Waals surface area contributed by atoms with Crippen LogP contribution in [0.1, 0.15) is 60.8 Å². The normalized spacial score (nSPS) is 13.0. The van der Waals surface area contributed by atoms with Gasteiger partial charge in [-0.25, -0.2) is 0 Å². The summed E-state index contributed by atoms with van der Waals surface area (Å²) in [6.45, 7) is 14.1. The summed E-state index contributed by atoms with van der Waals surface area (Å²) in [6.07, 6.45) is 4.10. The molecule has 0 saturated heterocycles. The average Bonchev–Trinajstić information content (AvgIpc) is 1.99. The molecule has 0 heterocycles. The fourth-order valence-electron chi connectivity index (χ4n) is 1.80. The quantitative estimate of drug-likeness (QED) is 0.570. The molecular formula is C12H26. The second-order valence-electron chi connectivity index (χ2n) is 4.92. The molecule has 0 aliphatic heterocycles. The highest BCUT2D eigenvalue weighted by Crippen LogP contribution is 2.39. The van der Waals surface area contributed by atoms with Crippen molar-refractivity contribution < 1.29 is 0 Å². The molecule has 74 valence electrons. The van der Waals surface area contributed by atoms with E-state index < -0.39 is 0 Å². The summed E-state index contributed by atoms with van der Waals surface area (Å²) < 4.78 is 0. The zero-order valence-corrected chi connectivity index (χ0v) is 9.78. The lowest BCUT2D eigenvalue weighted by Crippen LogP contribution is -2.29. The van der Waals surface area contributed by atoms with Crippen LogP contribution >= 0.6 is 0 Å². The minimum Gasteiger partial charge on any atom is -0.0654 e. The van der Waals surface area contributed by atoms with Crippen molar-refractivity contribution in [3.63, 3.8) is 0 Å². The van der Waals surface area contributed by atoms with Crippen LogP contribution in [0.2, 0.25) is 0 Å². The van der Waals surface area contributed by atoms with E-state index in [9.17, 15) is 0 Å². The molecule has 0 radical (unpaired) electrons. The molecule has 0 atom stereocenters. The first-order valence-corrected chi connectivity index (χ1v) is 5.45. The summed E-state index contributed by atoms with van der Waals surface area (Å²) in [4.78, 5) is 0. The summed E-state index contributed by atoms with van der Waals surface area (Å²) in [5, 5.41) is 0. The molecule has 0 aromatic carbocycles. The zero-order chi connectivity index (χ0) is 9.78. The Labute approximate surface area is 78.8 Å². The van der Waals surface area contributed by atoms with E-state index in [1.165, 1.54) is 19.3 Å². The average molecular weight is 170 g/mol. The van der Waals surface area contributed by atoms with Crippen molar-refractivity contribution in [2.45, 2.75) is 60.8 Å². The summed E-state index contributed by atoms with van der Waals surface area (Å²) in [7, 11) is 0. The van der Waals surface area contributed by atoms with E-state index in [1.807, 2.05) is 0 Å². The maximum atomic E-state index is 2.44. The Morgan fingerprint density at radius 2 is 1.42 bits per heavy atom. The van der Waals surface area contributed by atoms with Crippen molar-refractivity contribution in [1.82, 2.24) is 0 Å². The second kappa shape index (κ2) is 4.89. The van der Waals surface area contributed by atoms with Gasteiger partial charge in [0.15, 0.2) is 0 Å². The van der Waals surface area contributed by atoms with E-state index in [-0.39, 0.29) is 0 Å². The molecule has 12 heavy (non-hydrogen) atoms. The molecule has 0 bridgehead atoms. The molecule has 0 fully saturated rings. The van der Waals surface area contributed by atoms with Crippen molar-refractivity contribution in [3.05, 3.63) is 0 Å². The lowest BCUT2D eigenvalue weighted by Gasteiger charge is -2.38. The van der Waals surface area contributed by atoms with E-state index in [2.05, 4.69) is 41.5 Å². The van der Waals surface area contributed by atoms with Gasteiger partial charge in [0.2, 0.25) is 0 Å². The van der Waals surface area contributed by atoms with Gasteiger partial charge in [-0.3, -0.25) is 0 Å². The highest BCUT2D eigenvalue weighted by atomic mass is 14.4. The summed E-state index contributed by atoms with van der Waals surface area (Å²) in [6, 6.07) is 0. The molecule has 0 saturated carbocycles. The molecule has 0 aliphatic carbocycles. The maximum absolute atomic E-state index is 2.44. The Kier molecular flexibility index (Phi) is 4.89. The van der Waals surface area contributed by atoms with Gasteiger partial charge in [0.05, 0.1) is 0 Å². The first-order valence-electron chi connectivity index (χ1n) is 5.45. The standard InChI is InChI=1S/C12H26/c1-7-8-9-12(6,10(2)3)11(4)5/h10-11H,7-9H2,1-6H3. The van der Waals surface area contributed by atoms with Gasteiger partial charge in [-0.1, -0.05) is 54.4 Å². The van der Waals surface area contributed by atoms with Crippen molar-refractivity contribution in [1.29, 1.82) is 0 Å². The number of unbranched alkanes of at least 4 members (excludes halogenated alkanes) is 1. The molecule has 0 nitrogen and oxygen atoms in total. The Bertz CT molecular complexity index is 103. The van der Waals surface area contributed by atoms with E-state index >= 15 is 0 Å². The van der Waals surface area contributed by atoms with Gasteiger partial charge in [-0.2, -0.15) is 0 Å². The highest BCUT2D eigenvalue weighted by molar-refractivity contribution is 4.80. The number of hydrogen-bond acceptors (Lipinski definition) is 0. The third-order valence-corrected chi connectivity index (χ3v) is 3.71. The smallest absolute Gasteiger partial charge is 0.0280 e. The largest absolute Gasteiger partial charge is 0.0654 e. The van der Waals surface area contributed by atoms with Crippen LogP contribution in [-0.2, 0) is 0 Å². The molecule has 0 rings (SSSR count). The third-order valence-electron chi connectivity index (χ3n) is 3.71. The van der Waals surface area contributed by atoms with Crippen LogP contribution in [0.15, 0.2) is 0 Å². The number of hydrogen-bond donors (Lipinski definition) is 0. The maximum Gasteiger partial charge on any atom is -0.0280 e. The zero-order valence-electron chi connectivity index (χ0n) is 9.78. The summed E-state index contributed by atoms with van der Waals surface area (Å²) >= 11 is 0. The van der Waals surface area contributed by atoms with Crippen LogP contribution in [0.3, 0.4) is 0 Å². The fraction of sp³-hybridized carbons (Fsp3) is 1.00. The van der Waals surface area contributed by atoms with Crippen LogP contribution in [0.5, 0.6) is 0 Å². The van der Waals surface area contributed by atoms with Crippen LogP contribution in [0.25, 0.3) is 0 Å². The van der Waals surface area contributed by atoms with Crippen molar-refractivity contribution in [2.75, 3.05) is 0 Å². The van der Waals surface area contributed by atoms with E-state index in [4.69, 9.17) is 0 Å². The van der Waals surface area contributed by atoms with Crippen LogP contribution in [0.4, 0.5) is 0 Å². The van der Waals surface area contributed by atoms with Gasteiger partial charge < -0.3 is 0 Å². The predicted octanol–water partition coefficient (Wildman–Crippen LogP) is 4.49. The van der Waals surface area contributed by atoms with E-state index in [1.54, 1.807) is 0 Å². The van der Waals surface area contributed by atoms with Gasteiger partial charge in [-0.05, 0) is 23.7 Å². The van der Waals surface area contributed by atoms with Crippen molar-refractivity contribution in [2.24, 2.45) is 17.3 Å². The molecule has 0 N–H and O–H groups in total. The topological polar surface area (TPSA) is 0 Å². The minimum atomic E-state index is 0.552. The summed E-state index contributed by atoms with van der Waals surface area (Å²) in [5.74, 6) is 1.62. The lowest BCUT2D eigenvalue weighted by atomic mass is 9.67. The predicted molar refractivity (Wildman–Crippen MR) is 57.3 cm³/mol. The molecule has 0 amide bonds. The molecule has 0 aromatic rings. The van der Waals surface area contributed by atoms with Gasteiger partial charge in [0.25, 0.3) is 0 Å². The van der Waals surface area contributed by atoms with E-state index in [0.717, 1.165) is 11.8 Å². The summed E-state index contributed by atoms with van der Waals surface area (Å²) in [5.41, 5.74) is 0.552. The van der Waals surface area contributed by atoms with Crippen molar-refractivity contribution >= 4 is 0 Å². The first-order chi connectivity index (χ1) is 5.45. The molecule has 0 aliphatic rings. The lowest BCUT2D eigenvalue weighted by molar-refractivity contribution is 0.120. The third kappa shape index (κ3) is 2.80. The number of rotatable bonds is 5. The van der Waals surface area contributed by atoms with Gasteiger partial charge >= 0.3 is 0 Å². The van der Waals surface area contributed by atoms with Gasteiger partial charge in [0, 0.05) is 0 Å². The molecule has 0 aromatic heterocycles. The molecule has 0 spiro atoms. The first kappa shape index (κ1) is 12.0. The van der Waals surface area contributed by atoms with Gasteiger partial charge in [0.1, 0.15) is 0 Å². The Balaban J connectivity index is 4.19. The Morgan fingerprint density at radius 3 is 1.67 bits per heavy atom. The molecule has 0 unspecified atom stereocenters. The Morgan fingerprint density at radius 1 is 1.00 bits per heavy atom. The minimum absolute atomic E-state index is 0.552. The van der Waals surface area contributed by atoms with Crippen LogP contribution < -0.4 is 0 Å².